The second-order valence-corrected chi connectivity index (χ2v) is 8.33. The summed E-state index contributed by atoms with van der Waals surface area (Å²) < 4.78 is 18.2. The average Bonchev–Trinajstić information content (AvgIpc) is 2.77. The number of ether oxygens (including phenoxy) is 3. The predicted molar refractivity (Wildman–Crippen MR) is 128 cm³/mol. The highest BCUT2D eigenvalue weighted by Gasteiger charge is 2.15. The summed E-state index contributed by atoms with van der Waals surface area (Å²) in [6.45, 7) is 2.26. The van der Waals surface area contributed by atoms with Crippen LogP contribution in [0.15, 0.2) is 59.2 Å². The minimum Gasteiger partial charge on any atom is -0.493 e. The van der Waals surface area contributed by atoms with E-state index in [0.717, 1.165) is 28.6 Å². The SMILES string of the molecule is COc1ccc(Br)c(CNCCCOc2ccccn2)c1OCc1ccc(Cl)cc1Cl. The lowest BCUT2D eigenvalue weighted by molar-refractivity contribution is 0.279. The van der Waals surface area contributed by atoms with Crippen molar-refractivity contribution >= 4 is 39.1 Å². The first-order valence-corrected chi connectivity index (χ1v) is 11.3. The van der Waals surface area contributed by atoms with Crippen LogP contribution in [0.1, 0.15) is 17.5 Å². The lowest BCUT2D eigenvalue weighted by atomic mass is 10.1. The second-order valence-electron chi connectivity index (χ2n) is 6.63. The summed E-state index contributed by atoms with van der Waals surface area (Å²) in [5.74, 6) is 1.96. The summed E-state index contributed by atoms with van der Waals surface area (Å²) in [5, 5.41) is 4.58. The van der Waals surface area contributed by atoms with E-state index in [-0.39, 0.29) is 0 Å². The molecule has 0 aliphatic carbocycles. The smallest absolute Gasteiger partial charge is 0.213 e. The predicted octanol–water partition coefficient (Wildman–Crippen LogP) is 6.30. The van der Waals surface area contributed by atoms with E-state index < -0.39 is 0 Å². The molecular weight excluding hydrogens is 503 g/mol. The molecule has 5 nitrogen and oxygen atoms in total. The number of rotatable bonds is 11. The number of methoxy groups -OCH3 is 1. The third-order valence-corrected chi connectivity index (χ3v) is 5.79. The summed E-state index contributed by atoms with van der Waals surface area (Å²) in [4.78, 5) is 4.15. The van der Waals surface area contributed by atoms with Crippen molar-refractivity contribution in [2.75, 3.05) is 20.3 Å². The zero-order valence-electron chi connectivity index (χ0n) is 17.0. The van der Waals surface area contributed by atoms with Gasteiger partial charge in [0.25, 0.3) is 0 Å². The van der Waals surface area contributed by atoms with Gasteiger partial charge in [0.05, 0.1) is 13.7 Å². The molecule has 0 saturated heterocycles. The average molecular weight is 526 g/mol. The van der Waals surface area contributed by atoms with Crippen LogP contribution in [-0.4, -0.2) is 25.2 Å². The van der Waals surface area contributed by atoms with E-state index in [4.69, 9.17) is 37.4 Å². The van der Waals surface area contributed by atoms with Crippen molar-refractivity contribution in [3.63, 3.8) is 0 Å². The second kappa shape index (κ2) is 12.2. The molecule has 0 spiro atoms. The fourth-order valence-corrected chi connectivity index (χ4v) is 3.79. The first-order valence-electron chi connectivity index (χ1n) is 9.75. The Kier molecular flexibility index (Phi) is 9.28. The Morgan fingerprint density at radius 2 is 1.94 bits per heavy atom. The third-order valence-electron chi connectivity index (χ3n) is 4.46. The van der Waals surface area contributed by atoms with Gasteiger partial charge in [-0.05, 0) is 43.3 Å². The van der Waals surface area contributed by atoms with Crippen LogP contribution in [0.2, 0.25) is 10.0 Å². The Labute approximate surface area is 200 Å². The number of pyridine rings is 1. The molecule has 0 aliphatic heterocycles. The normalized spacial score (nSPS) is 10.7. The van der Waals surface area contributed by atoms with Crippen molar-refractivity contribution < 1.29 is 14.2 Å². The number of aromatic nitrogens is 1. The van der Waals surface area contributed by atoms with Crippen LogP contribution < -0.4 is 19.5 Å². The maximum Gasteiger partial charge on any atom is 0.213 e. The van der Waals surface area contributed by atoms with Gasteiger partial charge in [-0.3, -0.25) is 0 Å². The van der Waals surface area contributed by atoms with Crippen LogP contribution >= 0.6 is 39.1 Å². The van der Waals surface area contributed by atoms with Gasteiger partial charge in [0.2, 0.25) is 5.88 Å². The highest BCUT2D eigenvalue weighted by atomic mass is 79.9. The summed E-state index contributed by atoms with van der Waals surface area (Å²) in [5.41, 5.74) is 1.81. The van der Waals surface area contributed by atoms with Crippen molar-refractivity contribution in [3.05, 3.63) is 80.4 Å². The molecule has 0 atom stereocenters. The molecule has 1 heterocycles. The van der Waals surface area contributed by atoms with Crippen LogP contribution in [0, 0.1) is 0 Å². The Hall–Kier alpha value is -1.99. The van der Waals surface area contributed by atoms with Crippen LogP contribution in [0.4, 0.5) is 0 Å². The zero-order chi connectivity index (χ0) is 22.1. The molecule has 3 aromatic rings. The number of hydrogen-bond acceptors (Lipinski definition) is 5. The maximum atomic E-state index is 6.28. The van der Waals surface area contributed by atoms with E-state index >= 15 is 0 Å². The van der Waals surface area contributed by atoms with Crippen molar-refractivity contribution in [2.24, 2.45) is 0 Å². The van der Waals surface area contributed by atoms with E-state index in [1.165, 1.54) is 0 Å². The largest absolute Gasteiger partial charge is 0.493 e. The summed E-state index contributed by atoms with van der Waals surface area (Å²) in [6.07, 6.45) is 2.56. The Balaban J connectivity index is 1.58. The maximum absolute atomic E-state index is 6.28. The van der Waals surface area contributed by atoms with Crippen molar-refractivity contribution in [3.8, 4) is 17.4 Å². The molecule has 0 fully saturated rings. The standard InChI is InChI=1S/C23H23BrCl2N2O3/c1-29-21-9-8-19(24)18(14-27-10-4-12-30-22-5-2-3-11-28-22)23(21)31-15-16-6-7-17(25)13-20(16)26/h2-3,5-9,11,13,27H,4,10,12,14-15H2,1H3. The number of halogens is 3. The fraction of sp³-hybridized carbons (Fsp3) is 0.261. The quantitative estimate of drug-likeness (QED) is 0.298. The highest BCUT2D eigenvalue weighted by molar-refractivity contribution is 9.10. The van der Waals surface area contributed by atoms with Crippen LogP contribution in [-0.2, 0) is 13.2 Å². The fourth-order valence-electron chi connectivity index (χ4n) is 2.87. The molecule has 0 radical (unpaired) electrons. The van der Waals surface area contributed by atoms with E-state index in [2.05, 4.69) is 26.2 Å². The summed E-state index contributed by atoms with van der Waals surface area (Å²) in [7, 11) is 1.62. The molecule has 2 aromatic carbocycles. The van der Waals surface area contributed by atoms with Crippen LogP contribution in [0.25, 0.3) is 0 Å². The monoisotopic (exact) mass is 524 g/mol. The molecule has 0 unspecified atom stereocenters. The summed E-state index contributed by atoms with van der Waals surface area (Å²) in [6, 6.07) is 14.8. The first-order chi connectivity index (χ1) is 15.1. The van der Waals surface area contributed by atoms with Crippen molar-refractivity contribution in [2.45, 2.75) is 19.6 Å². The highest BCUT2D eigenvalue weighted by Crippen LogP contribution is 2.37. The van der Waals surface area contributed by atoms with E-state index in [9.17, 15) is 0 Å². The van der Waals surface area contributed by atoms with Gasteiger partial charge in [-0.25, -0.2) is 4.98 Å². The number of hydrogen-bond donors (Lipinski definition) is 1. The molecule has 8 heteroatoms. The molecule has 164 valence electrons. The van der Waals surface area contributed by atoms with Gasteiger partial charge in [0.15, 0.2) is 11.5 Å². The van der Waals surface area contributed by atoms with Crippen molar-refractivity contribution in [1.29, 1.82) is 0 Å². The molecule has 31 heavy (non-hydrogen) atoms. The van der Waals surface area contributed by atoms with Gasteiger partial charge in [0.1, 0.15) is 6.61 Å². The minimum atomic E-state index is 0.299. The van der Waals surface area contributed by atoms with Gasteiger partial charge in [-0.2, -0.15) is 0 Å². The molecule has 1 N–H and O–H groups in total. The number of benzene rings is 2. The van der Waals surface area contributed by atoms with Gasteiger partial charge in [0, 0.05) is 44.5 Å². The minimum absolute atomic E-state index is 0.299. The third kappa shape index (κ3) is 7.01. The molecular formula is C23H23BrCl2N2O3. The molecule has 0 amide bonds. The van der Waals surface area contributed by atoms with Crippen LogP contribution in [0.5, 0.6) is 17.4 Å². The Morgan fingerprint density at radius 1 is 1.06 bits per heavy atom. The van der Waals surface area contributed by atoms with Gasteiger partial charge in [-0.1, -0.05) is 51.3 Å². The van der Waals surface area contributed by atoms with E-state index in [0.29, 0.717) is 47.2 Å². The Morgan fingerprint density at radius 3 is 2.68 bits per heavy atom. The zero-order valence-corrected chi connectivity index (χ0v) is 20.1. The molecule has 0 aliphatic rings. The van der Waals surface area contributed by atoms with E-state index in [1.807, 2.05) is 36.4 Å². The van der Waals surface area contributed by atoms with E-state index in [1.54, 1.807) is 25.4 Å². The van der Waals surface area contributed by atoms with Gasteiger partial charge in [-0.15, -0.1) is 0 Å². The van der Waals surface area contributed by atoms with Crippen LogP contribution in [0.3, 0.4) is 0 Å². The lowest BCUT2D eigenvalue weighted by Gasteiger charge is -2.18. The topological polar surface area (TPSA) is 52.6 Å². The Bertz CT molecular complexity index is 990. The molecule has 0 saturated carbocycles. The molecule has 1 aromatic heterocycles. The summed E-state index contributed by atoms with van der Waals surface area (Å²) >= 11 is 15.9. The number of nitrogens with zero attached hydrogens (tertiary/aromatic N) is 1. The van der Waals surface area contributed by atoms with Gasteiger partial charge < -0.3 is 19.5 Å². The molecule has 0 bridgehead atoms. The first kappa shape index (κ1) is 23.7. The van der Waals surface area contributed by atoms with Crippen molar-refractivity contribution in [1.82, 2.24) is 10.3 Å². The number of nitrogens with one attached hydrogen (secondary N) is 1. The van der Waals surface area contributed by atoms with Gasteiger partial charge >= 0.3 is 0 Å². The molecule has 3 rings (SSSR count). The lowest BCUT2D eigenvalue weighted by Crippen LogP contribution is -2.18.